The van der Waals surface area contributed by atoms with Gasteiger partial charge in [0.2, 0.25) is 5.91 Å². The SMILES string of the molecule is Cc1ccc(C(C(=O)NC(C)(C)C)N(CC2CCCO2)C(=O)c2ccc(CN3CCOCC3)o2)cc1. The zero-order valence-electron chi connectivity index (χ0n) is 21.9. The molecule has 4 rings (SSSR count). The lowest BCUT2D eigenvalue weighted by Gasteiger charge is -2.34. The van der Waals surface area contributed by atoms with Gasteiger partial charge in [-0.1, -0.05) is 29.8 Å². The number of furan rings is 1. The number of amides is 2. The van der Waals surface area contributed by atoms with Crippen LogP contribution < -0.4 is 5.32 Å². The van der Waals surface area contributed by atoms with Crippen LogP contribution in [0.4, 0.5) is 0 Å². The molecule has 2 aliphatic rings. The first-order valence-corrected chi connectivity index (χ1v) is 12.9. The molecule has 2 atom stereocenters. The Balaban J connectivity index is 1.64. The van der Waals surface area contributed by atoms with Gasteiger partial charge in [0.05, 0.1) is 25.9 Å². The second kappa shape index (κ2) is 11.6. The monoisotopic (exact) mass is 497 g/mol. The number of nitrogens with zero attached hydrogens (tertiary/aromatic N) is 2. The van der Waals surface area contributed by atoms with Gasteiger partial charge in [0.25, 0.3) is 5.91 Å². The van der Waals surface area contributed by atoms with E-state index in [1.54, 1.807) is 11.0 Å². The molecule has 1 aromatic carbocycles. The molecular weight excluding hydrogens is 458 g/mol. The van der Waals surface area contributed by atoms with Gasteiger partial charge in [-0.05, 0) is 58.2 Å². The van der Waals surface area contributed by atoms with Gasteiger partial charge in [-0.2, -0.15) is 0 Å². The van der Waals surface area contributed by atoms with Crippen molar-refractivity contribution in [1.29, 1.82) is 0 Å². The Morgan fingerprint density at radius 3 is 2.44 bits per heavy atom. The first-order chi connectivity index (χ1) is 17.2. The van der Waals surface area contributed by atoms with E-state index in [1.807, 2.05) is 58.0 Å². The summed E-state index contributed by atoms with van der Waals surface area (Å²) in [5.41, 5.74) is 1.40. The van der Waals surface area contributed by atoms with E-state index in [1.165, 1.54) is 0 Å². The predicted molar refractivity (Wildman–Crippen MR) is 137 cm³/mol. The summed E-state index contributed by atoms with van der Waals surface area (Å²) in [6.07, 6.45) is 1.68. The molecule has 2 fully saturated rings. The standard InChI is InChI=1S/C28H39N3O5/c1-20-7-9-21(10-8-20)25(26(32)29-28(2,3)4)31(19-22-6-5-15-35-22)27(33)24-12-11-23(36-24)18-30-13-16-34-17-14-30/h7-12,22,25H,5-6,13-19H2,1-4H3,(H,29,32). The van der Waals surface area contributed by atoms with E-state index in [4.69, 9.17) is 13.9 Å². The van der Waals surface area contributed by atoms with Crippen molar-refractivity contribution in [2.75, 3.05) is 39.5 Å². The number of ether oxygens (including phenoxy) is 2. The second-order valence-electron chi connectivity index (χ2n) is 10.8. The molecule has 0 bridgehead atoms. The number of morpholine rings is 1. The Kier molecular flexibility index (Phi) is 8.49. The minimum Gasteiger partial charge on any atom is -0.455 e. The van der Waals surface area contributed by atoms with Crippen LogP contribution in [-0.2, 0) is 20.8 Å². The van der Waals surface area contributed by atoms with Crippen LogP contribution in [0.1, 0.15) is 67.1 Å². The molecular formula is C28H39N3O5. The van der Waals surface area contributed by atoms with Crippen molar-refractivity contribution in [3.05, 3.63) is 59.0 Å². The molecule has 8 heteroatoms. The van der Waals surface area contributed by atoms with Crippen LogP contribution in [0, 0.1) is 6.92 Å². The Hall–Kier alpha value is -2.68. The quantitative estimate of drug-likeness (QED) is 0.599. The van der Waals surface area contributed by atoms with E-state index in [0.29, 0.717) is 32.9 Å². The highest BCUT2D eigenvalue weighted by molar-refractivity contribution is 5.96. The molecule has 0 aliphatic carbocycles. The van der Waals surface area contributed by atoms with Crippen molar-refractivity contribution in [3.8, 4) is 0 Å². The average molecular weight is 498 g/mol. The topological polar surface area (TPSA) is 84.3 Å². The molecule has 0 saturated carbocycles. The molecule has 3 heterocycles. The smallest absolute Gasteiger partial charge is 0.290 e. The summed E-state index contributed by atoms with van der Waals surface area (Å²) in [6, 6.07) is 10.5. The van der Waals surface area contributed by atoms with Gasteiger partial charge < -0.3 is 24.1 Å². The van der Waals surface area contributed by atoms with E-state index < -0.39 is 11.6 Å². The number of hydrogen-bond acceptors (Lipinski definition) is 6. The predicted octanol–water partition coefficient (Wildman–Crippen LogP) is 3.70. The molecule has 1 aromatic heterocycles. The zero-order valence-corrected chi connectivity index (χ0v) is 21.9. The van der Waals surface area contributed by atoms with Gasteiger partial charge in [-0.25, -0.2) is 0 Å². The number of carbonyl (C=O) groups is 2. The molecule has 2 aliphatic heterocycles. The Morgan fingerprint density at radius 2 is 1.81 bits per heavy atom. The summed E-state index contributed by atoms with van der Waals surface area (Å²) in [4.78, 5) is 31.5. The number of nitrogens with one attached hydrogen (secondary N) is 1. The van der Waals surface area contributed by atoms with E-state index in [2.05, 4.69) is 10.2 Å². The van der Waals surface area contributed by atoms with E-state index in [-0.39, 0.29) is 23.7 Å². The van der Waals surface area contributed by atoms with Crippen LogP contribution in [0.5, 0.6) is 0 Å². The van der Waals surface area contributed by atoms with Crippen LogP contribution in [0.3, 0.4) is 0 Å². The van der Waals surface area contributed by atoms with E-state index >= 15 is 0 Å². The number of carbonyl (C=O) groups excluding carboxylic acids is 2. The minimum atomic E-state index is -0.811. The molecule has 196 valence electrons. The number of rotatable bonds is 8. The highest BCUT2D eigenvalue weighted by atomic mass is 16.5. The zero-order chi connectivity index (χ0) is 25.7. The maximum absolute atomic E-state index is 14.0. The first kappa shape index (κ1) is 26.4. The van der Waals surface area contributed by atoms with Crippen molar-refractivity contribution in [2.24, 2.45) is 0 Å². The molecule has 2 unspecified atom stereocenters. The summed E-state index contributed by atoms with van der Waals surface area (Å²) >= 11 is 0. The fraction of sp³-hybridized carbons (Fsp3) is 0.571. The molecule has 0 spiro atoms. The van der Waals surface area contributed by atoms with E-state index in [9.17, 15) is 9.59 Å². The van der Waals surface area contributed by atoms with Crippen molar-refractivity contribution >= 4 is 11.8 Å². The third kappa shape index (κ3) is 6.96. The minimum absolute atomic E-state index is 0.118. The third-order valence-electron chi connectivity index (χ3n) is 6.49. The molecule has 1 N–H and O–H groups in total. The lowest BCUT2D eigenvalue weighted by atomic mass is 9.99. The van der Waals surface area contributed by atoms with Crippen molar-refractivity contribution < 1.29 is 23.5 Å². The highest BCUT2D eigenvalue weighted by Gasteiger charge is 2.37. The molecule has 8 nitrogen and oxygen atoms in total. The summed E-state index contributed by atoms with van der Waals surface area (Å²) in [5.74, 6) is 0.423. The normalized spacial score (nSPS) is 19.7. The maximum atomic E-state index is 14.0. The van der Waals surface area contributed by atoms with Crippen LogP contribution >= 0.6 is 0 Å². The molecule has 2 amide bonds. The number of benzene rings is 1. The van der Waals surface area contributed by atoms with Crippen molar-refractivity contribution in [3.63, 3.8) is 0 Å². The average Bonchev–Trinajstić information content (AvgIpc) is 3.51. The van der Waals surface area contributed by atoms with Gasteiger partial charge in [0.1, 0.15) is 11.8 Å². The summed E-state index contributed by atoms with van der Waals surface area (Å²) in [5, 5.41) is 3.08. The van der Waals surface area contributed by atoms with Crippen molar-refractivity contribution in [1.82, 2.24) is 15.1 Å². The highest BCUT2D eigenvalue weighted by Crippen LogP contribution is 2.28. The molecule has 2 saturated heterocycles. The molecule has 0 radical (unpaired) electrons. The van der Waals surface area contributed by atoms with Crippen LogP contribution in [0.15, 0.2) is 40.8 Å². The number of hydrogen-bond donors (Lipinski definition) is 1. The largest absolute Gasteiger partial charge is 0.455 e. The second-order valence-corrected chi connectivity index (χ2v) is 10.8. The molecule has 2 aromatic rings. The number of aryl methyl sites for hydroxylation is 1. The van der Waals surface area contributed by atoms with Gasteiger partial charge in [0, 0.05) is 31.8 Å². The van der Waals surface area contributed by atoms with Crippen LogP contribution in [-0.4, -0.2) is 72.7 Å². The van der Waals surface area contributed by atoms with Crippen LogP contribution in [0.25, 0.3) is 0 Å². The summed E-state index contributed by atoms with van der Waals surface area (Å²) in [7, 11) is 0. The molecule has 36 heavy (non-hydrogen) atoms. The Bertz CT molecular complexity index is 1010. The van der Waals surface area contributed by atoms with Gasteiger partial charge in [0.15, 0.2) is 5.76 Å². The first-order valence-electron chi connectivity index (χ1n) is 12.9. The fourth-order valence-electron chi connectivity index (χ4n) is 4.67. The summed E-state index contributed by atoms with van der Waals surface area (Å²) < 4.78 is 17.3. The third-order valence-corrected chi connectivity index (χ3v) is 6.49. The lowest BCUT2D eigenvalue weighted by molar-refractivity contribution is -0.127. The Morgan fingerprint density at radius 1 is 1.08 bits per heavy atom. The van der Waals surface area contributed by atoms with Crippen molar-refractivity contribution in [2.45, 2.75) is 64.8 Å². The van der Waals surface area contributed by atoms with Gasteiger partial charge in [-0.3, -0.25) is 14.5 Å². The lowest BCUT2D eigenvalue weighted by Crippen LogP contribution is -2.50. The van der Waals surface area contributed by atoms with Gasteiger partial charge >= 0.3 is 0 Å². The van der Waals surface area contributed by atoms with Crippen LogP contribution in [0.2, 0.25) is 0 Å². The fourth-order valence-corrected chi connectivity index (χ4v) is 4.67. The maximum Gasteiger partial charge on any atom is 0.290 e. The summed E-state index contributed by atoms with van der Waals surface area (Å²) in [6.45, 7) is 12.5. The van der Waals surface area contributed by atoms with Gasteiger partial charge in [-0.15, -0.1) is 0 Å². The Labute approximate surface area is 213 Å². The van der Waals surface area contributed by atoms with E-state index in [0.717, 1.165) is 42.8 Å².